The van der Waals surface area contributed by atoms with Crippen molar-refractivity contribution >= 4 is 5.91 Å². The van der Waals surface area contributed by atoms with Crippen LogP contribution in [-0.2, 0) is 4.79 Å². The molecule has 1 aromatic rings. The Labute approximate surface area is 119 Å². The number of benzene rings is 1. The summed E-state index contributed by atoms with van der Waals surface area (Å²) >= 11 is 0. The Kier molecular flexibility index (Phi) is 3.66. The topological polar surface area (TPSA) is 49.8 Å². The van der Waals surface area contributed by atoms with E-state index in [0.29, 0.717) is 5.92 Å². The summed E-state index contributed by atoms with van der Waals surface area (Å²) < 4.78 is 5.23. The van der Waals surface area contributed by atoms with Crippen LogP contribution in [0.25, 0.3) is 0 Å². The van der Waals surface area contributed by atoms with Crippen molar-refractivity contribution in [2.45, 2.75) is 31.2 Å². The van der Waals surface area contributed by atoms with Crippen LogP contribution in [0.1, 0.15) is 30.7 Å². The number of aliphatic hydroxyl groups excluding tert-OH is 1. The van der Waals surface area contributed by atoms with Crippen LogP contribution in [0.5, 0.6) is 5.75 Å². The van der Waals surface area contributed by atoms with Gasteiger partial charge in [0.2, 0.25) is 5.91 Å². The molecular formula is C16H21NO3. The third kappa shape index (κ3) is 2.40. The molecule has 4 nitrogen and oxygen atoms in total. The van der Waals surface area contributed by atoms with Crippen LogP contribution in [0.15, 0.2) is 24.3 Å². The fourth-order valence-electron chi connectivity index (χ4n) is 3.24. The first-order valence-electron chi connectivity index (χ1n) is 7.30. The van der Waals surface area contributed by atoms with Crippen LogP contribution in [0, 0.1) is 5.92 Å². The zero-order chi connectivity index (χ0) is 14.1. The summed E-state index contributed by atoms with van der Waals surface area (Å²) in [6, 6.07) is 8.01. The molecule has 0 bridgehead atoms. The number of rotatable bonds is 4. The second-order valence-corrected chi connectivity index (χ2v) is 5.74. The van der Waals surface area contributed by atoms with E-state index in [2.05, 4.69) is 6.07 Å². The highest BCUT2D eigenvalue weighted by Gasteiger charge is 2.47. The van der Waals surface area contributed by atoms with Crippen LogP contribution in [0.2, 0.25) is 0 Å². The minimum absolute atomic E-state index is 0.0362. The van der Waals surface area contributed by atoms with Crippen molar-refractivity contribution in [3.05, 3.63) is 29.8 Å². The summed E-state index contributed by atoms with van der Waals surface area (Å²) in [5, 5.41) is 9.33. The van der Waals surface area contributed by atoms with Gasteiger partial charge in [-0.25, -0.2) is 0 Å². The number of nitrogens with zero attached hydrogens (tertiary/aromatic N) is 1. The molecule has 3 unspecified atom stereocenters. The molecule has 4 heteroatoms. The van der Waals surface area contributed by atoms with Crippen molar-refractivity contribution in [2.24, 2.45) is 5.92 Å². The largest absolute Gasteiger partial charge is 0.497 e. The van der Waals surface area contributed by atoms with Crippen LogP contribution >= 0.6 is 0 Å². The SMILES string of the molecule is COc1cccc(C2CC2C(=O)N2CCCC2CO)c1. The summed E-state index contributed by atoms with van der Waals surface area (Å²) in [6.45, 7) is 0.883. The summed E-state index contributed by atoms with van der Waals surface area (Å²) in [6.07, 6.45) is 2.85. The van der Waals surface area contributed by atoms with Gasteiger partial charge in [-0.1, -0.05) is 12.1 Å². The summed E-state index contributed by atoms with van der Waals surface area (Å²) in [5.41, 5.74) is 1.18. The number of hydrogen-bond acceptors (Lipinski definition) is 3. The number of likely N-dealkylation sites (tertiary alicyclic amines) is 1. The van der Waals surface area contributed by atoms with Gasteiger partial charge in [0.25, 0.3) is 0 Å². The van der Waals surface area contributed by atoms with Crippen molar-refractivity contribution in [3.63, 3.8) is 0 Å². The molecule has 0 radical (unpaired) electrons. The lowest BCUT2D eigenvalue weighted by molar-refractivity contribution is -0.134. The predicted octanol–water partition coefficient (Wildman–Crippen LogP) is 1.78. The first-order chi connectivity index (χ1) is 9.74. The van der Waals surface area contributed by atoms with Crippen molar-refractivity contribution in [3.8, 4) is 5.75 Å². The van der Waals surface area contributed by atoms with Gasteiger partial charge in [-0.15, -0.1) is 0 Å². The summed E-state index contributed by atoms with van der Waals surface area (Å²) in [4.78, 5) is 14.4. The number of amides is 1. The fraction of sp³-hybridized carbons (Fsp3) is 0.562. The van der Waals surface area contributed by atoms with Crippen LogP contribution < -0.4 is 4.74 Å². The number of aliphatic hydroxyl groups is 1. The molecule has 1 aliphatic carbocycles. The molecule has 3 rings (SSSR count). The smallest absolute Gasteiger partial charge is 0.226 e. The highest BCUT2D eigenvalue weighted by molar-refractivity contribution is 5.83. The van der Waals surface area contributed by atoms with Crippen molar-refractivity contribution < 1.29 is 14.6 Å². The van der Waals surface area contributed by atoms with Gasteiger partial charge in [-0.2, -0.15) is 0 Å². The highest BCUT2D eigenvalue weighted by atomic mass is 16.5. The van der Waals surface area contributed by atoms with Crippen molar-refractivity contribution in [1.29, 1.82) is 0 Å². The molecular weight excluding hydrogens is 254 g/mol. The molecule has 108 valence electrons. The van der Waals surface area contributed by atoms with Gasteiger partial charge in [0.1, 0.15) is 5.75 Å². The lowest BCUT2D eigenvalue weighted by Crippen LogP contribution is -2.38. The minimum atomic E-state index is 0.0362. The molecule has 0 spiro atoms. The number of carbonyl (C=O) groups is 1. The number of methoxy groups -OCH3 is 1. The van der Waals surface area contributed by atoms with Crippen LogP contribution in [-0.4, -0.2) is 42.2 Å². The normalized spacial score (nSPS) is 28.5. The van der Waals surface area contributed by atoms with Gasteiger partial charge in [-0.3, -0.25) is 4.79 Å². The van der Waals surface area contributed by atoms with Gasteiger partial charge in [0, 0.05) is 12.5 Å². The molecule has 1 aromatic carbocycles. The Hall–Kier alpha value is -1.55. The Morgan fingerprint density at radius 1 is 1.50 bits per heavy atom. The molecule has 1 amide bonds. The molecule has 1 N–H and O–H groups in total. The zero-order valence-corrected chi connectivity index (χ0v) is 11.8. The molecule has 20 heavy (non-hydrogen) atoms. The average molecular weight is 275 g/mol. The highest BCUT2D eigenvalue weighted by Crippen LogP contribution is 2.49. The molecule has 2 fully saturated rings. The number of ether oxygens (including phenoxy) is 1. The van der Waals surface area contributed by atoms with E-state index < -0.39 is 0 Å². The Morgan fingerprint density at radius 3 is 3.10 bits per heavy atom. The van der Waals surface area contributed by atoms with Gasteiger partial charge < -0.3 is 14.7 Å². The van der Waals surface area contributed by atoms with Crippen LogP contribution in [0.4, 0.5) is 0 Å². The standard InChI is InChI=1S/C16H21NO3/c1-20-13-6-2-4-11(8-13)14-9-15(14)16(19)17-7-3-5-12(17)10-18/h2,4,6,8,12,14-15,18H,3,5,7,9-10H2,1H3. The van der Waals surface area contributed by atoms with Gasteiger partial charge in [0.15, 0.2) is 0 Å². The van der Waals surface area contributed by atoms with Gasteiger partial charge in [0.05, 0.1) is 19.8 Å². The van der Waals surface area contributed by atoms with Crippen molar-refractivity contribution in [2.75, 3.05) is 20.3 Å². The quantitative estimate of drug-likeness (QED) is 0.911. The fourth-order valence-corrected chi connectivity index (χ4v) is 3.24. The lowest BCUT2D eigenvalue weighted by atomic mass is 10.1. The predicted molar refractivity (Wildman–Crippen MR) is 75.7 cm³/mol. The molecule has 3 atom stereocenters. The average Bonchev–Trinajstić information content (AvgIpc) is 3.15. The minimum Gasteiger partial charge on any atom is -0.497 e. The first kappa shape index (κ1) is 13.4. The number of carbonyl (C=O) groups excluding carboxylic acids is 1. The lowest BCUT2D eigenvalue weighted by Gasteiger charge is -2.23. The third-order valence-electron chi connectivity index (χ3n) is 4.50. The zero-order valence-electron chi connectivity index (χ0n) is 11.8. The van der Waals surface area contributed by atoms with E-state index in [4.69, 9.17) is 4.74 Å². The van der Waals surface area contributed by atoms with E-state index >= 15 is 0 Å². The Bertz CT molecular complexity index is 502. The molecule has 1 heterocycles. The maximum absolute atomic E-state index is 12.5. The molecule has 1 aliphatic heterocycles. The summed E-state index contributed by atoms with van der Waals surface area (Å²) in [7, 11) is 1.66. The van der Waals surface area contributed by atoms with E-state index in [-0.39, 0.29) is 24.5 Å². The van der Waals surface area contributed by atoms with Gasteiger partial charge >= 0.3 is 0 Å². The Morgan fingerprint density at radius 2 is 2.35 bits per heavy atom. The van der Waals surface area contributed by atoms with E-state index in [9.17, 15) is 9.90 Å². The molecule has 0 aromatic heterocycles. The third-order valence-corrected chi connectivity index (χ3v) is 4.50. The maximum atomic E-state index is 12.5. The van der Waals surface area contributed by atoms with Gasteiger partial charge in [-0.05, 0) is 42.9 Å². The van der Waals surface area contributed by atoms with E-state index in [1.165, 1.54) is 5.56 Å². The summed E-state index contributed by atoms with van der Waals surface area (Å²) in [5.74, 6) is 1.47. The monoisotopic (exact) mass is 275 g/mol. The van der Waals surface area contributed by atoms with Crippen LogP contribution in [0.3, 0.4) is 0 Å². The molecule has 2 aliphatic rings. The van der Waals surface area contributed by atoms with E-state index in [0.717, 1.165) is 31.6 Å². The second-order valence-electron chi connectivity index (χ2n) is 5.74. The first-order valence-corrected chi connectivity index (χ1v) is 7.30. The van der Waals surface area contributed by atoms with E-state index in [1.807, 2.05) is 23.1 Å². The molecule has 1 saturated heterocycles. The van der Waals surface area contributed by atoms with E-state index in [1.54, 1.807) is 7.11 Å². The number of hydrogen-bond donors (Lipinski definition) is 1. The Balaban J connectivity index is 1.67. The molecule has 1 saturated carbocycles. The van der Waals surface area contributed by atoms with Crippen molar-refractivity contribution in [1.82, 2.24) is 4.90 Å². The second kappa shape index (κ2) is 5.44. The maximum Gasteiger partial charge on any atom is 0.226 e.